The van der Waals surface area contributed by atoms with Crippen LogP contribution in [0.2, 0.25) is 0 Å². The van der Waals surface area contributed by atoms with Crippen molar-refractivity contribution in [3.05, 3.63) is 107 Å². The Hall–Kier alpha value is -5.04. The molecule has 18 heteroatoms. The number of carbonyl (C=O) groups is 3. The van der Waals surface area contributed by atoms with Crippen molar-refractivity contribution in [1.29, 1.82) is 0 Å². The van der Waals surface area contributed by atoms with Crippen molar-refractivity contribution >= 4 is 45.0 Å². The molecule has 1 aromatic heterocycles. The molecule has 3 amide bonds. The van der Waals surface area contributed by atoms with Gasteiger partial charge < -0.3 is 34.7 Å². The zero-order valence-corrected chi connectivity index (χ0v) is 30.7. The highest BCUT2D eigenvalue weighted by Gasteiger charge is 2.41. The van der Waals surface area contributed by atoms with Gasteiger partial charge in [0.25, 0.3) is 0 Å². The number of carbonyl (C=O) groups excluding carboxylic acids is 3. The van der Waals surface area contributed by atoms with E-state index in [0.29, 0.717) is 29.7 Å². The molecule has 1 unspecified atom stereocenters. The van der Waals surface area contributed by atoms with E-state index in [4.69, 9.17) is 19.8 Å². The molecule has 2 heterocycles. The van der Waals surface area contributed by atoms with Crippen LogP contribution in [0.25, 0.3) is 0 Å². The molecule has 0 spiro atoms. The molecule has 0 bridgehead atoms. The summed E-state index contributed by atoms with van der Waals surface area (Å²) in [6, 6.07) is 19.5. The summed E-state index contributed by atoms with van der Waals surface area (Å²) in [4.78, 5) is 38.7. The Labute approximate surface area is 313 Å². The molecule has 0 aliphatic carbocycles. The number of imide groups is 1. The number of piperidine rings is 1. The summed E-state index contributed by atoms with van der Waals surface area (Å²) in [5.41, 5.74) is 8.42. The largest absolute Gasteiger partial charge is 0.542 e. The third kappa shape index (κ3) is 11.7. The number of nitrogens with two attached hydrogens (primary N) is 1. The quantitative estimate of drug-likeness (QED) is 0.117. The van der Waals surface area contributed by atoms with E-state index < -0.39 is 46.3 Å². The lowest BCUT2D eigenvalue weighted by Crippen LogP contribution is -2.62. The highest BCUT2D eigenvalue weighted by Crippen LogP contribution is 2.28. The summed E-state index contributed by atoms with van der Waals surface area (Å²) in [6.45, 7) is 3.67. The Bertz CT molecular complexity index is 2030. The summed E-state index contributed by atoms with van der Waals surface area (Å²) in [6.07, 6.45) is -3.71. The number of phenols is 1. The number of likely N-dealkylation sites (N-methyl/N-ethyl adjacent to an activating group) is 1. The zero-order valence-electron chi connectivity index (χ0n) is 29.1. The average Bonchev–Trinajstić information content (AvgIpc) is 3.55. The minimum absolute atomic E-state index is 0.0686. The van der Waals surface area contributed by atoms with Gasteiger partial charge in [0.15, 0.2) is 4.21 Å². The summed E-state index contributed by atoms with van der Waals surface area (Å²) in [5.74, 6) is -3.71. The highest BCUT2D eigenvalue weighted by molar-refractivity contribution is 7.89. The van der Waals surface area contributed by atoms with Crippen LogP contribution in [-0.2, 0) is 32.7 Å². The van der Waals surface area contributed by atoms with E-state index in [1.165, 1.54) is 59.5 Å². The van der Waals surface area contributed by atoms with Crippen LogP contribution in [-0.4, -0.2) is 79.2 Å². The first-order valence-electron chi connectivity index (χ1n) is 16.4. The number of aryl methyl sites for hydroxylation is 1. The topological polar surface area (TPSA) is 179 Å². The molecule has 5 rings (SSSR count). The van der Waals surface area contributed by atoms with Gasteiger partial charge in [0, 0.05) is 16.1 Å². The molecule has 290 valence electrons. The maximum atomic E-state index is 14.0. The monoisotopic (exact) mass is 794 g/mol. The number of phenolic OH excluding ortho intramolecular Hbond substituents is 1. The SMILES string of the molecule is Cc1ccc(S(=O)(=O)Oc2ccc(NC(=O)N(C(=O)[C@@H](N)Cc3ccc(O)cc3)[C@H]3CCC[N+](C)(Cc4ccc(F)cc4)C3)cc2)s1.O=C([O-])C(F)(F)F. The van der Waals surface area contributed by atoms with Crippen molar-refractivity contribution in [2.45, 2.75) is 55.2 Å². The lowest BCUT2D eigenvalue weighted by Gasteiger charge is -2.44. The summed E-state index contributed by atoms with van der Waals surface area (Å²) in [7, 11) is -1.96. The Kier molecular flexibility index (Phi) is 13.4. The third-order valence-electron chi connectivity index (χ3n) is 8.40. The smallest absolute Gasteiger partial charge is 0.430 e. The number of hydrogen-bond donors (Lipinski definition) is 3. The second kappa shape index (κ2) is 17.4. The van der Waals surface area contributed by atoms with Crippen molar-refractivity contribution < 1.29 is 59.2 Å². The molecule has 3 atom stereocenters. The van der Waals surface area contributed by atoms with Crippen molar-refractivity contribution in [3.8, 4) is 11.5 Å². The van der Waals surface area contributed by atoms with E-state index in [9.17, 15) is 40.7 Å². The number of nitrogens with zero attached hydrogens (tertiary/aromatic N) is 2. The van der Waals surface area contributed by atoms with Crippen molar-refractivity contribution in [2.24, 2.45) is 5.73 Å². The lowest BCUT2D eigenvalue weighted by atomic mass is 9.98. The number of hydrogen-bond acceptors (Lipinski definition) is 10. The molecule has 1 aliphatic heterocycles. The number of carboxylic acids is 1. The molecule has 4 aromatic rings. The van der Waals surface area contributed by atoms with E-state index in [1.807, 2.05) is 0 Å². The Morgan fingerprint density at radius 2 is 1.61 bits per heavy atom. The third-order valence-corrected chi connectivity index (χ3v) is 11.1. The van der Waals surface area contributed by atoms with Crippen molar-refractivity contribution in [1.82, 2.24) is 4.90 Å². The first-order chi connectivity index (χ1) is 25.2. The van der Waals surface area contributed by atoms with Crippen LogP contribution in [0.4, 0.5) is 28.0 Å². The minimum atomic E-state index is -5.19. The van der Waals surface area contributed by atoms with Crippen molar-refractivity contribution in [2.75, 3.05) is 25.5 Å². The number of likely N-dealkylation sites (tertiary alicyclic amines) is 1. The van der Waals surface area contributed by atoms with Gasteiger partial charge in [-0.15, -0.1) is 11.3 Å². The average molecular weight is 795 g/mol. The van der Waals surface area contributed by atoms with Gasteiger partial charge in [-0.1, -0.05) is 24.3 Å². The van der Waals surface area contributed by atoms with Crippen LogP contribution in [0.5, 0.6) is 11.5 Å². The maximum absolute atomic E-state index is 14.0. The predicted molar refractivity (Wildman–Crippen MR) is 189 cm³/mol. The van der Waals surface area contributed by atoms with Gasteiger partial charge >= 0.3 is 22.3 Å². The summed E-state index contributed by atoms with van der Waals surface area (Å²) < 4.78 is 76.3. The number of anilines is 1. The molecular weight excluding hydrogens is 757 g/mol. The summed E-state index contributed by atoms with van der Waals surface area (Å²) in [5, 5.41) is 21.2. The second-order valence-electron chi connectivity index (χ2n) is 12.9. The fraction of sp³-hybridized carbons (Fsp3) is 0.306. The number of thiophene rings is 1. The molecule has 1 saturated heterocycles. The lowest BCUT2D eigenvalue weighted by molar-refractivity contribution is -0.928. The Morgan fingerprint density at radius 1 is 1.02 bits per heavy atom. The number of rotatable bonds is 10. The molecule has 1 aliphatic rings. The van der Waals surface area contributed by atoms with Gasteiger partial charge in [-0.2, -0.15) is 21.6 Å². The van der Waals surface area contributed by atoms with Gasteiger partial charge in [0.1, 0.15) is 36.4 Å². The fourth-order valence-corrected chi connectivity index (χ4v) is 8.05. The number of urea groups is 1. The normalized spacial score (nSPS) is 17.7. The molecule has 0 saturated carbocycles. The van der Waals surface area contributed by atoms with Gasteiger partial charge in [-0.3, -0.25) is 9.69 Å². The molecule has 12 nitrogen and oxygen atoms in total. The van der Waals surface area contributed by atoms with E-state index in [-0.39, 0.29) is 27.9 Å². The van der Waals surface area contributed by atoms with Gasteiger partial charge in [-0.05, 0) is 92.4 Å². The second-order valence-corrected chi connectivity index (χ2v) is 16.0. The highest BCUT2D eigenvalue weighted by atomic mass is 32.3. The molecule has 3 aromatic carbocycles. The molecule has 54 heavy (non-hydrogen) atoms. The molecule has 0 radical (unpaired) electrons. The van der Waals surface area contributed by atoms with E-state index in [1.54, 1.807) is 37.3 Å². The van der Waals surface area contributed by atoms with Crippen LogP contribution in [0.3, 0.4) is 0 Å². The minimum Gasteiger partial charge on any atom is -0.542 e. The van der Waals surface area contributed by atoms with Crippen LogP contribution in [0.15, 0.2) is 89.1 Å². The van der Waals surface area contributed by atoms with Crippen molar-refractivity contribution in [3.63, 3.8) is 0 Å². The van der Waals surface area contributed by atoms with Crippen LogP contribution < -0.4 is 20.3 Å². The number of halogens is 4. The maximum Gasteiger partial charge on any atom is 0.430 e. The number of alkyl halides is 3. The van der Waals surface area contributed by atoms with E-state index in [2.05, 4.69) is 12.4 Å². The molecule has 4 N–H and O–H groups in total. The first-order valence-corrected chi connectivity index (χ1v) is 18.6. The fourth-order valence-electron chi connectivity index (χ4n) is 5.87. The van der Waals surface area contributed by atoms with E-state index >= 15 is 0 Å². The number of benzene rings is 3. The predicted octanol–water partition coefficient (Wildman–Crippen LogP) is 4.71. The van der Waals surface area contributed by atoms with Crippen LogP contribution in [0, 0.1) is 12.7 Å². The number of nitrogens with one attached hydrogen (secondary N) is 1. The number of carboxylic acid groups (broad SMARTS) is 1. The number of aliphatic carboxylic acids is 1. The Balaban J connectivity index is 0.000000845. The van der Waals surface area contributed by atoms with E-state index in [0.717, 1.165) is 40.3 Å². The van der Waals surface area contributed by atoms with Gasteiger partial charge in [-0.25, -0.2) is 9.18 Å². The van der Waals surface area contributed by atoms with Crippen LogP contribution in [0.1, 0.15) is 28.8 Å². The van der Waals surface area contributed by atoms with Gasteiger partial charge in [0.2, 0.25) is 5.91 Å². The number of amides is 3. The summed E-state index contributed by atoms with van der Waals surface area (Å²) >= 11 is 1.10. The first kappa shape index (κ1) is 41.7. The zero-order chi connectivity index (χ0) is 39.8. The molecule has 1 fully saturated rings. The van der Waals surface area contributed by atoms with Gasteiger partial charge in [0.05, 0.1) is 25.7 Å². The number of aromatic hydroxyl groups is 1. The Morgan fingerprint density at radius 3 is 2.17 bits per heavy atom. The molecular formula is C36H38F4N4O8S2. The number of quaternary nitrogens is 1. The van der Waals surface area contributed by atoms with Crippen LogP contribution >= 0.6 is 11.3 Å². The standard InChI is InChI=1S/C34H37FN4O6S2.C2HF3O2/c1-23-5-18-32(46-23)47(43,44)45-30-16-12-27(13-17-30)37-34(42)38(33(41)31(36)20-24-8-14-29(40)15-9-24)28-4-3-19-39(2,22-28)21-25-6-10-26(35)11-7-25;3-2(4,5)1(6)7/h5-18,28,31H,3-4,19-22,36H2,1-2H3,(H-,37,40,42);(H,6,7)/t28-,31-,39?;/m0./s1.